The summed E-state index contributed by atoms with van der Waals surface area (Å²) in [4.78, 5) is 25.0. The molecule has 3 rings (SSSR count). The molecular weight excluding hydrogens is 316 g/mol. The summed E-state index contributed by atoms with van der Waals surface area (Å²) in [6.07, 6.45) is 1.68. The van der Waals surface area contributed by atoms with Gasteiger partial charge in [-0.15, -0.1) is 0 Å². The van der Waals surface area contributed by atoms with Crippen LogP contribution in [-0.4, -0.2) is 17.6 Å². The van der Waals surface area contributed by atoms with E-state index in [1.54, 1.807) is 43.6 Å². The highest BCUT2D eigenvalue weighted by molar-refractivity contribution is 6.04. The van der Waals surface area contributed by atoms with Gasteiger partial charge < -0.3 is 14.6 Å². The van der Waals surface area contributed by atoms with Crippen LogP contribution in [0.3, 0.4) is 0 Å². The molecule has 1 aromatic heterocycles. The maximum atomic E-state index is 12.6. The van der Waals surface area contributed by atoms with Gasteiger partial charge in [0, 0.05) is 11.9 Å². The van der Waals surface area contributed by atoms with E-state index >= 15 is 0 Å². The summed E-state index contributed by atoms with van der Waals surface area (Å²) in [7, 11) is 1.58. The van der Waals surface area contributed by atoms with Gasteiger partial charge in [0.2, 0.25) is 0 Å². The van der Waals surface area contributed by atoms with Crippen LogP contribution >= 0.6 is 0 Å². The maximum absolute atomic E-state index is 12.6. The predicted molar refractivity (Wildman–Crippen MR) is 97.2 cm³/mol. The summed E-state index contributed by atoms with van der Waals surface area (Å²) in [5.74, 6) is 0.264. The number of amides is 1. The minimum absolute atomic E-state index is 0.106. The van der Waals surface area contributed by atoms with Crippen LogP contribution in [0, 0.1) is 0 Å². The van der Waals surface area contributed by atoms with E-state index < -0.39 is 5.91 Å². The van der Waals surface area contributed by atoms with Crippen LogP contribution in [0.1, 0.15) is 15.9 Å². The van der Waals surface area contributed by atoms with Crippen molar-refractivity contribution in [3.63, 3.8) is 0 Å². The normalized spacial score (nSPS) is 10.3. The topological polar surface area (TPSA) is 60.3 Å². The highest BCUT2D eigenvalue weighted by atomic mass is 16.5. The largest absolute Gasteiger partial charge is 0.497 e. The third-order valence-electron chi connectivity index (χ3n) is 3.81. The average Bonchev–Trinajstić information content (AvgIpc) is 2.65. The highest BCUT2D eigenvalue weighted by Crippen LogP contribution is 2.15. The second kappa shape index (κ2) is 7.49. The Balaban J connectivity index is 1.80. The molecule has 0 fully saturated rings. The van der Waals surface area contributed by atoms with Crippen molar-refractivity contribution in [1.29, 1.82) is 0 Å². The number of methoxy groups -OCH3 is 1. The first-order chi connectivity index (χ1) is 12.2. The van der Waals surface area contributed by atoms with Gasteiger partial charge in [0.1, 0.15) is 11.3 Å². The lowest BCUT2D eigenvalue weighted by atomic mass is 10.2. The molecule has 2 aromatic carbocycles. The van der Waals surface area contributed by atoms with Gasteiger partial charge in [0.25, 0.3) is 11.5 Å². The van der Waals surface area contributed by atoms with E-state index in [0.717, 1.165) is 5.56 Å². The predicted octanol–water partition coefficient (Wildman–Crippen LogP) is 3.16. The van der Waals surface area contributed by atoms with Gasteiger partial charge >= 0.3 is 0 Å². The molecule has 0 saturated carbocycles. The smallest absolute Gasteiger partial charge is 0.263 e. The number of hydrogen-bond acceptors (Lipinski definition) is 3. The van der Waals surface area contributed by atoms with Crippen LogP contribution in [0.4, 0.5) is 5.69 Å². The summed E-state index contributed by atoms with van der Waals surface area (Å²) in [6, 6.07) is 19.8. The monoisotopic (exact) mass is 334 g/mol. The molecule has 0 bridgehead atoms. The molecule has 1 N–H and O–H groups in total. The van der Waals surface area contributed by atoms with Crippen LogP contribution in [0.5, 0.6) is 5.75 Å². The van der Waals surface area contributed by atoms with Crippen molar-refractivity contribution in [3.8, 4) is 5.75 Å². The minimum Gasteiger partial charge on any atom is -0.497 e. The molecule has 3 aromatic rings. The van der Waals surface area contributed by atoms with E-state index in [4.69, 9.17) is 4.74 Å². The summed E-state index contributed by atoms with van der Waals surface area (Å²) < 4.78 is 6.61. The van der Waals surface area contributed by atoms with Crippen molar-refractivity contribution in [2.45, 2.75) is 6.54 Å². The van der Waals surface area contributed by atoms with Crippen molar-refractivity contribution < 1.29 is 9.53 Å². The maximum Gasteiger partial charge on any atom is 0.263 e. The first-order valence-corrected chi connectivity index (χ1v) is 7.86. The number of aromatic nitrogens is 1. The molecule has 5 nitrogen and oxygen atoms in total. The summed E-state index contributed by atoms with van der Waals surface area (Å²) >= 11 is 0. The number of hydrogen-bond donors (Lipinski definition) is 1. The Hall–Kier alpha value is -3.34. The van der Waals surface area contributed by atoms with Crippen molar-refractivity contribution in [2.24, 2.45) is 0 Å². The van der Waals surface area contributed by atoms with Crippen molar-refractivity contribution in [2.75, 3.05) is 12.4 Å². The SMILES string of the molecule is COc1ccc(NC(=O)c2cccn(Cc3ccccc3)c2=O)cc1. The first-order valence-electron chi connectivity index (χ1n) is 7.86. The number of ether oxygens (including phenoxy) is 1. The van der Waals surface area contributed by atoms with Crippen molar-refractivity contribution in [3.05, 3.63) is 94.4 Å². The minimum atomic E-state index is -0.433. The molecule has 1 amide bonds. The molecule has 1 heterocycles. The lowest BCUT2D eigenvalue weighted by molar-refractivity contribution is 0.102. The van der Waals surface area contributed by atoms with Gasteiger partial charge in [-0.05, 0) is 42.0 Å². The van der Waals surface area contributed by atoms with Crippen LogP contribution in [0.2, 0.25) is 0 Å². The van der Waals surface area contributed by atoms with Gasteiger partial charge in [-0.2, -0.15) is 0 Å². The van der Waals surface area contributed by atoms with E-state index in [0.29, 0.717) is 18.0 Å². The fourth-order valence-corrected chi connectivity index (χ4v) is 2.49. The van der Waals surface area contributed by atoms with Gasteiger partial charge in [0.05, 0.1) is 13.7 Å². The van der Waals surface area contributed by atoms with Crippen LogP contribution < -0.4 is 15.6 Å². The molecule has 0 atom stereocenters. The standard InChI is InChI=1S/C20H18N2O3/c1-25-17-11-9-16(10-12-17)21-19(23)18-8-5-13-22(20(18)24)14-15-6-3-2-4-7-15/h2-13H,14H2,1H3,(H,21,23). The Morgan fingerprint density at radius 1 is 1.00 bits per heavy atom. The summed E-state index contributed by atoms with van der Waals surface area (Å²) in [5.41, 5.74) is 1.38. The zero-order chi connectivity index (χ0) is 17.6. The highest BCUT2D eigenvalue weighted by Gasteiger charge is 2.12. The number of nitrogens with zero attached hydrogens (tertiary/aromatic N) is 1. The zero-order valence-corrected chi connectivity index (χ0v) is 13.8. The molecule has 126 valence electrons. The molecule has 25 heavy (non-hydrogen) atoms. The molecule has 0 unspecified atom stereocenters. The first kappa shape index (κ1) is 16.5. The van der Waals surface area contributed by atoms with Crippen molar-refractivity contribution >= 4 is 11.6 Å². The molecule has 0 aliphatic carbocycles. The van der Waals surface area contributed by atoms with Gasteiger partial charge in [0.15, 0.2) is 0 Å². The van der Waals surface area contributed by atoms with Crippen molar-refractivity contribution in [1.82, 2.24) is 4.57 Å². The molecule has 0 aliphatic rings. The summed E-state index contributed by atoms with van der Waals surface area (Å²) in [6.45, 7) is 0.420. The molecule has 0 saturated heterocycles. The van der Waals surface area contributed by atoms with E-state index in [1.165, 1.54) is 10.6 Å². The number of anilines is 1. The quantitative estimate of drug-likeness (QED) is 0.780. The lowest BCUT2D eigenvalue weighted by Gasteiger charge is -2.09. The Labute approximate surface area is 145 Å². The number of nitrogens with one attached hydrogen (secondary N) is 1. The van der Waals surface area contributed by atoms with Crippen LogP contribution in [0.25, 0.3) is 0 Å². The van der Waals surface area contributed by atoms with Gasteiger partial charge in [-0.3, -0.25) is 9.59 Å². The Morgan fingerprint density at radius 2 is 1.72 bits per heavy atom. The fourth-order valence-electron chi connectivity index (χ4n) is 2.49. The summed E-state index contributed by atoms with van der Waals surface area (Å²) in [5, 5.41) is 2.73. The third kappa shape index (κ3) is 3.95. The van der Waals surface area contributed by atoms with Crippen LogP contribution in [0.15, 0.2) is 77.7 Å². The molecule has 0 aliphatic heterocycles. The fraction of sp³-hybridized carbons (Fsp3) is 0.100. The second-order valence-corrected chi connectivity index (χ2v) is 5.52. The Bertz CT molecular complexity index is 916. The third-order valence-corrected chi connectivity index (χ3v) is 3.81. The Morgan fingerprint density at radius 3 is 2.40 bits per heavy atom. The molecular formula is C20H18N2O3. The second-order valence-electron chi connectivity index (χ2n) is 5.52. The Kier molecular flexibility index (Phi) is 4.95. The number of benzene rings is 2. The average molecular weight is 334 g/mol. The van der Waals surface area contributed by atoms with E-state index in [2.05, 4.69) is 5.32 Å². The molecule has 0 spiro atoms. The van der Waals surface area contributed by atoms with E-state index in [9.17, 15) is 9.59 Å². The molecule has 5 heteroatoms. The van der Waals surface area contributed by atoms with Gasteiger partial charge in [-0.1, -0.05) is 30.3 Å². The number of carbonyl (C=O) groups excluding carboxylic acids is 1. The van der Waals surface area contributed by atoms with E-state index in [1.807, 2.05) is 30.3 Å². The van der Waals surface area contributed by atoms with Crippen LogP contribution in [-0.2, 0) is 6.54 Å². The number of rotatable bonds is 5. The lowest BCUT2D eigenvalue weighted by Crippen LogP contribution is -2.29. The number of carbonyl (C=O) groups is 1. The van der Waals surface area contributed by atoms with E-state index in [-0.39, 0.29) is 11.1 Å². The van der Waals surface area contributed by atoms with Gasteiger partial charge in [-0.25, -0.2) is 0 Å². The number of pyridine rings is 1. The molecule has 0 radical (unpaired) electrons. The zero-order valence-electron chi connectivity index (χ0n) is 13.8.